The Morgan fingerprint density at radius 3 is 2.19 bits per heavy atom. The number of fused-ring (bicyclic) bond motifs is 1. The van der Waals surface area contributed by atoms with E-state index in [4.69, 9.17) is 5.84 Å². The van der Waals surface area contributed by atoms with Crippen molar-refractivity contribution in [1.29, 1.82) is 0 Å². The molecule has 0 fully saturated rings. The molecule has 7 heteroatoms. The number of nitrogen functional groups attached to an aromatic ring is 1. The van der Waals surface area contributed by atoms with E-state index in [0.29, 0.717) is 28.6 Å². The molecule has 6 nitrogen and oxygen atoms in total. The van der Waals surface area contributed by atoms with E-state index in [0.717, 1.165) is 11.3 Å². The molecule has 0 radical (unpaired) electrons. The van der Waals surface area contributed by atoms with Crippen molar-refractivity contribution < 1.29 is 9.59 Å². The minimum absolute atomic E-state index is 0.243. The molecular formula is C19H16N4O2S. The molecule has 3 aromatic rings. The third-order valence-electron chi connectivity index (χ3n) is 4.19. The van der Waals surface area contributed by atoms with E-state index < -0.39 is 0 Å². The van der Waals surface area contributed by atoms with Gasteiger partial charge in [0.25, 0.3) is 11.8 Å². The van der Waals surface area contributed by atoms with Gasteiger partial charge < -0.3 is 5.84 Å². The Labute approximate surface area is 154 Å². The number of imidazole rings is 1. The van der Waals surface area contributed by atoms with E-state index in [1.807, 2.05) is 30.3 Å². The molecule has 2 aromatic carbocycles. The molecule has 0 aliphatic carbocycles. The van der Waals surface area contributed by atoms with E-state index in [1.165, 1.54) is 21.3 Å². The first-order chi connectivity index (χ1) is 12.6. The Kier molecular flexibility index (Phi) is 4.22. The van der Waals surface area contributed by atoms with E-state index in [2.05, 4.69) is 4.98 Å². The van der Waals surface area contributed by atoms with Gasteiger partial charge in [0.05, 0.1) is 23.0 Å². The molecule has 0 atom stereocenters. The molecule has 0 saturated heterocycles. The highest BCUT2D eigenvalue weighted by Gasteiger charge is 2.34. The molecule has 1 aliphatic heterocycles. The Morgan fingerprint density at radius 1 is 0.923 bits per heavy atom. The lowest BCUT2D eigenvalue weighted by Crippen LogP contribution is -2.31. The maximum atomic E-state index is 12.4. The van der Waals surface area contributed by atoms with Crippen molar-refractivity contribution in [3.63, 3.8) is 0 Å². The third-order valence-corrected chi connectivity index (χ3v) is 5.14. The molecule has 2 N–H and O–H groups in total. The second-order valence-corrected chi connectivity index (χ2v) is 6.90. The topological polar surface area (TPSA) is 81.2 Å². The number of carbonyl (C=O) groups excluding carboxylic acids is 2. The van der Waals surface area contributed by atoms with Gasteiger partial charge in [0.1, 0.15) is 0 Å². The standard InChI is InChI=1S/C19H16N4O2S/c20-23-12-16(13-6-2-1-3-7-13)21-19(23)26-11-10-22-17(24)14-8-4-5-9-15(14)18(22)25/h1-9,12H,10-11,20H2. The van der Waals surface area contributed by atoms with Gasteiger partial charge in [0.2, 0.25) is 0 Å². The minimum atomic E-state index is -0.243. The van der Waals surface area contributed by atoms with Crippen LogP contribution in [0.15, 0.2) is 66.0 Å². The lowest BCUT2D eigenvalue weighted by Gasteiger charge is -2.12. The molecular weight excluding hydrogens is 348 g/mol. The Hall–Kier alpha value is -3.06. The fraction of sp³-hybridized carbons (Fsp3) is 0.105. The number of nitrogens with two attached hydrogens (primary N) is 1. The van der Waals surface area contributed by atoms with Crippen LogP contribution in [0.2, 0.25) is 0 Å². The smallest absolute Gasteiger partial charge is 0.261 e. The fourth-order valence-corrected chi connectivity index (χ4v) is 3.72. The first-order valence-corrected chi connectivity index (χ1v) is 9.11. The first kappa shape index (κ1) is 16.4. The van der Waals surface area contributed by atoms with Crippen LogP contribution in [0.3, 0.4) is 0 Å². The summed E-state index contributed by atoms with van der Waals surface area (Å²) in [4.78, 5) is 30.5. The number of carbonyl (C=O) groups is 2. The number of rotatable bonds is 5. The van der Waals surface area contributed by atoms with Gasteiger partial charge in [0.15, 0.2) is 5.16 Å². The van der Waals surface area contributed by atoms with Crippen molar-refractivity contribution in [3.8, 4) is 11.3 Å². The number of amides is 2. The van der Waals surface area contributed by atoms with Crippen LogP contribution in [0.1, 0.15) is 20.7 Å². The van der Waals surface area contributed by atoms with Gasteiger partial charge in [-0.3, -0.25) is 14.5 Å². The summed E-state index contributed by atoms with van der Waals surface area (Å²) in [6.45, 7) is 0.310. The van der Waals surface area contributed by atoms with Crippen LogP contribution in [0.5, 0.6) is 0 Å². The minimum Gasteiger partial charge on any atom is -0.337 e. The summed E-state index contributed by atoms with van der Waals surface area (Å²) < 4.78 is 1.47. The molecule has 1 aromatic heterocycles. The van der Waals surface area contributed by atoms with E-state index in [9.17, 15) is 9.59 Å². The number of imide groups is 1. The van der Waals surface area contributed by atoms with Gasteiger partial charge in [-0.1, -0.05) is 54.2 Å². The summed E-state index contributed by atoms with van der Waals surface area (Å²) in [7, 11) is 0. The summed E-state index contributed by atoms with van der Waals surface area (Å²) in [5.41, 5.74) is 2.71. The lowest BCUT2D eigenvalue weighted by atomic mass is 10.1. The number of aromatic nitrogens is 2. The van der Waals surface area contributed by atoms with Crippen molar-refractivity contribution in [3.05, 3.63) is 71.9 Å². The molecule has 0 unspecified atom stereocenters. The Bertz CT molecular complexity index is 949. The van der Waals surface area contributed by atoms with Crippen molar-refractivity contribution in [1.82, 2.24) is 14.6 Å². The Morgan fingerprint density at radius 2 is 1.54 bits per heavy atom. The van der Waals surface area contributed by atoms with E-state index >= 15 is 0 Å². The maximum absolute atomic E-state index is 12.4. The summed E-state index contributed by atoms with van der Waals surface area (Å²) >= 11 is 1.41. The first-order valence-electron chi connectivity index (χ1n) is 8.13. The lowest BCUT2D eigenvalue weighted by molar-refractivity contribution is 0.0664. The zero-order valence-corrected chi connectivity index (χ0v) is 14.6. The fourth-order valence-electron chi connectivity index (χ4n) is 2.90. The number of hydrogen-bond acceptors (Lipinski definition) is 5. The average molecular weight is 364 g/mol. The predicted octanol–water partition coefficient (Wildman–Crippen LogP) is 2.65. The molecule has 2 heterocycles. The second kappa shape index (κ2) is 6.68. The molecule has 0 bridgehead atoms. The second-order valence-electron chi connectivity index (χ2n) is 5.84. The summed E-state index contributed by atoms with van der Waals surface area (Å²) in [6, 6.07) is 16.7. The molecule has 130 valence electrons. The molecule has 0 spiro atoms. The third kappa shape index (κ3) is 2.86. The number of hydrogen-bond donors (Lipinski definition) is 1. The zero-order valence-electron chi connectivity index (χ0n) is 13.8. The molecule has 1 aliphatic rings. The van der Waals surface area contributed by atoms with Crippen LogP contribution >= 0.6 is 11.8 Å². The van der Waals surface area contributed by atoms with Crippen LogP contribution < -0.4 is 5.84 Å². The highest BCUT2D eigenvalue weighted by Crippen LogP contribution is 2.25. The summed E-state index contributed by atoms with van der Waals surface area (Å²) in [5, 5.41) is 0.639. The quantitative estimate of drug-likeness (QED) is 0.428. The predicted molar refractivity (Wildman–Crippen MR) is 100 cm³/mol. The molecule has 2 amide bonds. The van der Waals surface area contributed by atoms with Crippen molar-refractivity contribution in [2.45, 2.75) is 5.16 Å². The monoisotopic (exact) mass is 364 g/mol. The zero-order chi connectivity index (χ0) is 18.1. The van der Waals surface area contributed by atoms with Crippen LogP contribution in [-0.2, 0) is 0 Å². The Balaban J connectivity index is 1.43. The van der Waals surface area contributed by atoms with Gasteiger partial charge in [0, 0.05) is 17.9 Å². The summed E-state index contributed by atoms with van der Waals surface area (Å²) in [6.07, 6.45) is 1.76. The highest BCUT2D eigenvalue weighted by molar-refractivity contribution is 7.99. The van der Waals surface area contributed by atoms with Crippen molar-refractivity contribution in [2.24, 2.45) is 0 Å². The van der Waals surface area contributed by atoms with Gasteiger partial charge in [-0.15, -0.1) is 0 Å². The number of thioether (sulfide) groups is 1. The van der Waals surface area contributed by atoms with Crippen molar-refractivity contribution >= 4 is 23.6 Å². The molecule has 0 saturated carbocycles. The molecule has 26 heavy (non-hydrogen) atoms. The van der Waals surface area contributed by atoms with Crippen LogP contribution in [0.4, 0.5) is 0 Å². The number of nitrogens with zero attached hydrogens (tertiary/aromatic N) is 3. The van der Waals surface area contributed by atoms with Crippen LogP contribution in [0.25, 0.3) is 11.3 Å². The van der Waals surface area contributed by atoms with Gasteiger partial charge in [-0.05, 0) is 12.1 Å². The normalized spacial score (nSPS) is 13.3. The van der Waals surface area contributed by atoms with Crippen LogP contribution in [-0.4, -0.2) is 38.7 Å². The van der Waals surface area contributed by atoms with E-state index in [1.54, 1.807) is 30.5 Å². The van der Waals surface area contributed by atoms with E-state index in [-0.39, 0.29) is 11.8 Å². The van der Waals surface area contributed by atoms with Crippen LogP contribution in [0, 0.1) is 0 Å². The molecule has 4 rings (SSSR count). The van der Waals surface area contributed by atoms with Gasteiger partial charge >= 0.3 is 0 Å². The van der Waals surface area contributed by atoms with Gasteiger partial charge in [-0.2, -0.15) is 0 Å². The average Bonchev–Trinajstić information content (AvgIpc) is 3.16. The number of benzene rings is 2. The largest absolute Gasteiger partial charge is 0.337 e. The van der Waals surface area contributed by atoms with Crippen molar-refractivity contribution in [2.75, 3.05) is 18.1 Å². The highest BCUT2D eigenvalue weighted by atomic mass is 32.2. The maximum Gasteiger partial charge on any atom is 0.261 e. The summed E-state index contributed by atoms with van der Waals surface area (Å²) in [5.74, 6) is 6.02. The van der Waals surface area contributed by atoms with Gasteiger partial charge in [-0.25, -0.2) is 9.66 Å². The SMILES string of the molecule is Nn1cc(-c2ccccc2)nc1SCCN1C(=O)c2ccccc2C1=O.